The lowest BCUT2D eigenvalue weighted by Crippen LogP contribution is -2.24. The lowest BCUT2D eigenvalue weighted by molar-refractivity contribution is 0.673. The number of benzene rings is 1. The molecule has 0 aliphatic heterocycles. The van der Waals surface area contributed by atoms with Gasteiger partial charge < -0.3 is 5.73 Å². The molecule has 0 amide bonds. The molecule has 78 valence electrons. The van der Waals surface area contributed by atoms with Gasteiger partial charge in [-0.3, -0.25) is 0 Å². The summed E-state index contributed by atoms with van der Waals surface area (Å²) < 4.78 is 5.64. The quantitative estimate of drug-likeness (QED) is 0.841. The minimum atomic E-state index is 0.102. The average Bonchev–Trinajstić information content (AvgIpc) is 2.82. The topological polar surface area (TPSA) is 38.9 Å². The smallest absolute Gasteiger partial charge is 0.0589 e. The van der Waals surface area contributed by atoms with Crippen molar-refractivity contribution >= 4 is 21.6 Å². The molecule has 0 atom stereocenters. The van der Waals surface area contributed by atoms with Crippen molar-refractivity contribution in [2.75, 3.05) is 0 Å². The number of hydrogen-bond donors (Lipinski definition) is 1. The van der Waals surface area contributed by atoms with Crippen molar-refractivity contribution in [3.8, 4) is 0 Å². The van der Waals surface area contributed by atoms with Gasteiger partial charge >= 0.3 is 0 Å². The first kappa shape index (κ1) is 9.31. The lowest BCUT2D eigenvalue weighted by Gasteiger charge is -2.08. The zero-order chi connectivity index (χ0) is 10.5. The molecule has 2 aromatic rings. The van der Waals surface area contributed by atoms with Gasteiger partial charge in [-0.2, -0.15) is 4.37 Å². The first-order valence-corrected chi connectivity index (χ1v) is 6.07. The van der Waals surface area contributed by atoms with Crippen LogP contribution < -0.4 is 5.73 Å². The van der Waals surface area contributed by atoms with Gasteiger partial charge in [0.1, 0.15) is 0 Å². The minimum Gasteiger partial charge on any atom is -0.325 e. The third-order valence-electron chi connectivity index (χ3n) is 3.16. The van der Waals surface area contributed by atoms with Crippen LogP contribution in [0.4, 0.5) is 0 Å². The third-order valence-corrected chi connectivity index (χ3v) is 4.08. The third kappa shape index (κ3) is 1.66. The molecule has 2 N–H and O–H groups in total. The predicted octanol–water partition coefficient (Wildman–Crippen LogP) is 2.64. The molecule has 3 rings (SSSR count). The van der Waals surface area contributed by atoms with E-state index in [0.29, 0.717) is 0 Å². The van der Waals surface area contributed by atoms with Crippen LogP contribution in [0.2, 0.25) is 0 Å². The molecule has 1 fully saturated rings. The highest BCUT2D eigenvalue weighted by Gasteiger charge is 2.37. The first-order chi connectivity index (χ1) is 7.16. The standard InChI is InChI=1S/C12H14N2S/c1-8-10-6-9(7-12(13)4-5-12)2-3-11(10)15-14-8/h2-3,6H,4-5,7,13H2,1H3. The van der Waals surface area contributed by atoms with Gasteiger partial charge in [0.25, 0.3) is 0 Å². The summed E-state index contributed by atoms with van der Waals surface area (Å²) in [7, 11) is 0. The fourth-order valence-corrected chi connectivity index (χ4v) is 2.73. The van der Waals surface area contributed by atoms with Crippen molar-refractivity contribution in [2.24, 2.45) is 5.73 Å². The van der Waals surface area contributed by atoms with Crippen molar-refractivity contribution in [3.63, 3.8) is 0 Å². The molecule has 0 spiro atoms. The Morgan fingerprint density at radius 1 is 1.47 bits per heavy atom. The number of nitrogens with two attached hydrogens (primary N) is 1. The van der Waals surface area contributed by atoms with Crippen LogP contribution in [0.25, 0.3) is 10.1 Å². The summed E-state index contributed by atoms with van der Waals surface area (Å²) in [5, 5.41) is 1.29. The Bertz CT molecular complexity index is 511. The van der Waals surface area contributed by atoms with E-state index in [1.165, 1.54) is 28.5 Å². The average molecular weight is 218 g/mol. The van der Waals surface area contributed by atoms with E-state index in [0.717, 1.165) is 12.1 Å². The summed E-state index contributed by atoms with van der Waals surface area (Å²) in [6, 6.07) is 6.61. The van der Waals surface area contributed by atoms with Gasteiger partial charge in [-0.15, -0.1) is 0 Å². The largest absolute Gasteiger partial charge is 0.325 e. The highest BCUT2D eigenvalue weighted by Crippen LogP contribution is 2.36. The van der Waals surface area contributed by atoms with E-state index in [-0.39, 0.29) is 5.54 Å². The van der Waals surface area contributed by atoms with Crippen molar-refractivity contribution < 1.29 is 0 Å². The van der Waals surface area contributed by atoms with Gasteiger partial charge in [0.2, 0.25) is 0 Å². The first-order valence-electron chi connectivity index (χ1n) is 5.30. The zero-order valence-electron chi connectivity index (χ0n) is 8.79. The molecule has 1 heterocycles. The second-order valence-corrected chi connectivity index (χ2v) is 5.44. The number of aromatic nitrogens is 1. The fourth-order valence-electron chi connectivity index (χ4n) is 1.96. The Labute approximate surface area is 93.3 Å². The second-order valence-electron chi connectivity index (χ2n) is 4.64. The Morgan fingerprint density at radius 2 is 2.27 bits per heavy atom. The molecule has 1 saturated carbocycles. The maximum absolute atomic E-state index is 6.12. The van der Waals surface area contributed by atoms with Crippen LogP contribution in [-0.4, -0.2) is 9.91 Å². The molecule has 2 nitrogen and oxygen atoms in total. The number of fused-ring (bicyclic) bond motifs is 1. The summed E-state index contributed by atoms with van der Waals surface area (Å²) in [5.74, 6) is 0. The molecule has 1 aromatic carbocycles. The Kier molecular flexibility index (Phi) is 1.88. The highest BCUT2D eigenvalue weighted by molar-refractivity contribution is 7.13. The summed E-state index contributed by atoms with van der Waals surface area (Å²) in [4.78, 5) is 0. The van der Waals surface area contributed by atoms with Gasteiger partial charge in [-0.05, 0) is 55.4 Å². The molecular formula is C12H14N2S. The van der Waals surface area contributed by atoms with Crippen molar-refractivity contribution in [3.05, 3.63) is 29.5 Å². The molecule has 0 saturated heterocycles. The van der Waals surface area contributed by atoms with E-state index in [4.69, 9.17) is 5.73 Å². The van der Waals surface area contributed by atoms with Crippen LogP contribution in [0, 0.1) is 6.92 Å². The molecule has 1 aromatic heterocycles. The normalized spacial score (nSPS) is 18.3. The molecule has 1 aliphatic rings. The summed E-state index contributed by atoms with van der Waals surface area (Å²) in [5.41, 5.74) is 8.72. The predicted molar refractivity (Wildman–Crippen MR) is 64.2 cm³/mol. The summed E-state index contributed by atoms with van der Waals surface area (Å²) in [6.07, 6.45) is 3.36. The maximum atomic E-state index is 6.12. The monoisotopic (exact) mass is 218 g/mol. The van der Waals surface area contributed by atoms with Crippen LogP contribution in [0.5, 0.6) is 0 Å². The van der Waals surface area contributed by atoms with Crippen LogP contribution in [-0.2, 0) is 6.42 Å². The molecule has 1 aliphatic carbocycles. The van der Waals surface area contributed by atoms with Crippen LogP contribution in [0.1, 0.15) is 24.1 Å². The van der Waals surface area contributed by atoms with Gasteiger partial charge in [-0.1, -0.05) is 6.07 Å². The van der Waals surface area contributed by atoms with Crippen molar-refractivity contribution in [1.29, 1.82) is 0 Å². The highest BCUT2D eigenvalue weighted by atomic mass is 32.1. The van der Waals surface area contributed by atoms with Crippen LogP contribution in [0.15, 0.2) is 18.2 Å². The summed E-state index contributed by atoms with van der Waals surface area (Å²) in [6.45, 7) is 2.07. The molecule has 0 radical (unpaired) electrons. The van der Waals surface area contributed by atoms with Gasteiger partial charge in [0.15, 0.2) is 0 Å². The van der Waals surface area contributed by atoms with Crippen molar-refractivity contribution in [2.45, 2.75) is 31.7 Å². The van der Waals surface area contributed by atoms with Gasteiger partial charge in [-0.25, -0.2) is 0 Å². The Morgan fingerprint density at radius 3 is 3.00 bits per heavy atom. The Hall–Kier alpha value is -0.930. The molecule has 0 unspecified atom stereocenters. The second kappa shape index (κ2) is 3.03. The van der Waals surface area contributed by atoms with E-state index in [9.17, 15) is 0 Å². The molecule has 0 bridgehead atoms. The van der Waals surface area contributed by atoms with E-state index >= 15 is 0 Å². The van der Waals surface area contributed by atoms with Gasteiger partial charge in [0, 0.05) is 10.9 Å². The van der Waals surface area contributed by atoms with Crippen LogP contribution in [0.3, 0.4) is 0 Å². The fraction of sp³-hybridized carbons (Fsp3) is 0.417. The molecule has 15 heavy (non-hydrogen) atoms. The Balaban J connectivity index is 2.01. The van der Waals surface area contributed by atoms with E-state index in [1.807, 2.05) is 0 Å². The van der Waals surface area contributed by atoms with Crippen LogP contribution >= 0.6 is 11.5 Å². The number of nitrogens with zero attached hydrogens (tertiary/aromatic N) is 1. The zero-order valence-corrected chi connectivity index (χ0v) is 9.60. The summed E-state index contributed by atoms with van der Waals surface area (Å²) >= 11 is 1.57. The van der Waals surface area contributed by atoms with E-state index < -0.39 is 0 Å². The van der Waals surface area contributed by atoms with E-state index in [2.05, 4.69) is 29.5 Å². The van der Waals surface area contributed by atoms with Crippen molar-refractivity contribution in [1.82, 2.24) is 4.37 Å². The molecule has 3 heteroatoms. The number of hydrogen-bond acceptors (Lipinski definition) is 3. The number of rotatable bonds is 2. The lowest BCUT2D eigenvalue weighted by atomic mass is 10.0. The molecular weight excluding hydrogens is 204 g/mol. The number of aryl methyl sites for hydroxylation is 1. The maximum Gasteiger partial charge on any atom is 0.0589 e. The van der Waals surface area contributed by atoms with Gasteiger partial charge in [0.05, 0.1) is 10.4 Å². The minimum absolute atomic E-state index is 0.102. The SMILES string of the molecule is Cc1nsc2ccc(CC3(N)CC3)cc12. The van der Waals surface area contributed by atoms with E-state index in [1.54, 1.807) is 11.5 Å².